The Kier molecular flexibility index (Phi) is 6.54. The van der Waals surface area contributed by atoms with E-state index in [4.69, 9.17) is 0 Å². The van der Waals surface area contributed by atoms with Gasteiger partial charge in [0, 0.05) is 15.3 Å². The van der Waals surface area contributed by atoms with Gasteiger partial charge < -0.3 is 10.3 Å². The van der Waals surface area contributed by atoms with E-state index in [9.17, 15) is 9.59 Å². The number of unbranched alkanes of at least 4 members (excludes halogenated alkanes) is 1. The molecule has 0 aliphatic carbocycles. The van der Waals surface area contributed by atoms with Crippen LogP contribution in [0.4, 0.5) is 0 Å². The third kappa shape index (κ3) is 4.63. The van der Waals surface area contributed by atoms with Gasteiger partial charge in [0.05, 0.1) is 0 Å². The third-order valence-corrected chi connectivity index (χ3v) is 4.27. The maximum absolute atomic E-state index is 12.1. The van der Waals surface area contributed by atoms with Crippen molar-refractivity contribution >= 4 is 28.5 Å². The molecule has 0 bridgehead atoms. The standard InChI is InChI=1S/C14H21IN2O2/c1-4-6-7-10(5-2)17-14(19)11-8-12(15)9(3)16-13(11)18/h8,10H,4-7H2,1-3H3,(H,16,18)(H,17,19)/t10-/m1/s1. The Morgan fingerprint density at radius 1 is 1.47 bits per heavy atom. The number of hydrogen-bond acceptors (Lipinski definition) is 2. The predicted molar refractivity (Wildman–Crippen MR) is 85.6 cm³/mol. The Labute approximate surface area is 127 Å². The normalized spacial score (nSPS) is 12.2. The van der Waals surface area contributed by atoms with Crippen LogP contribution in [0.5, 0.6) is 0 Å². The van der Waals surface area contributed by atoms with Crippen molar-refractivity contribution in [3.8, 4) is 0 Å². The number of amides is 1. The maximum atomic E-state index is 12.1. The summed E-state index contributed by atoms with van der Waals surface area (Å²) in [7, 11) is 0. The van der Waals surface area contributed by atoms with E-state index in [1.807, 2.05) is 13.8 Å². The van der Waals surface area contributed by atoms with E-state index in [0.29, 0.717) is 0 Å². The Morgan fingerprint density at radius 2 is 2.16 bits per heavy atom. The minimum atomic E-state index is -0.319. The highest BCUT2D eigenvalue weighted by atomic mass is 127. The summed E-state index contributed by atoms with van der Waals surface area (Å²) in [6.45, 7) is 5.99. The topological polar surface area (TPSA) is 62.0 Å². The van der Waals surface area contributed by atoms with Crippen LogP contribution in [0.15, 0.2) is 10.9 Å². The number of nitrogens with one attached hydrogen (secondary N) is 2. The second kappa shape index (κ2) is 7.67. The fourth-order valence-electron chi connectivity index (χ4n) is 1.86. The quantitative estimate of drug-likeness (QED) is 0.750. The minimum Gasteiger partial charge on any atom is -0.349 e. The summed E-state index contributed by atoms with van der Waals surface area (Å²) in [5.41, 5.74) is 0.672. The van der Waals surface area contributed by atoms with E-state index >= 15 is 0 Å². The van der Waals surface area contributed by atoms with Crippen molar-refractivity contribution < 1.29 is 4.79 Å². The van der Waals surface area contributed by atoms with E-state index in [1.165, 1.54) is 0 Å². The first kappa shape index (κ1) is 16.2. The zero-order chi connectivity index (χ0) is 14.4. The van der Waals surface area contributed by atoms with Crippen molar-refractivity contribution in [3.63, 3.8) is 0 Å². The summed E-state index contributed by atoms with van der Waals surface area (Å²) < 4.78 is 0.893. The molecular weight excluding hydrogens is 355 g/mol. The molecular formula is C14H21IN2O2. The lowest BCUT2D eigenvalue weighted by atomic mass is 10.1. The maximum Gasteiger partial charge on any atom is 0.261 e. The van der Waals surface area contributed by atoms with Crippen molar-refractivity contribution in [1.82, 2.24) is 10.3 Å². The highest BCUT2D eigenvalue weighted by molar-refractivity contribution is 14.1. The largest absolute Gasteiger partial charge is 0.349 e. The number of hydrogen-bond donors (Lipinski definition) is 2. The molecule has 4 nitrogen and oxygen atoms in total. The van der Waals surface area contributed by atoms with Gasteiger partial charge in [0.1, 0.15) is 5.56 Å². The fraction of sp³-hybridized carbons (Fsp3) is 0.571. The molecule has 0 unspecified atom stereocenters. The van der Waals surface area contributed by atoms with Gasteiger partial charge in [-0.05, 0) is 48.4 Å². The first-order valence-corrected chi connectivity index (χ1v) is 7.77. The van der Waals surface area contributed by atoms with Crippen molar-refractivity contribution in [1.29, 1.82) is 0 Å². The lowest BCUT2D eigenvalue weighted by molar-refractivity contribution is 0.0931. The summed E-state index contributed by atoms with van der Waals surface area (Å²) in [6.07, 6.45) is 4.03. The second-order valence-corrected chi connectivity index (χ2v) is 5.87. The molecule has 1 amide bonds. The van der Waals surface area contributed by atoms with Crippen molar-refractivity contribution in [2.75, 3.05) is 0 Å². The fourth-order valence-corrected chi connectivity index (χ4v) is 2.30. The van der Waals surface area contributed by atoms with Crippen LogP contribution in [0.2, 0.25) is 0 Å². The summed E-state index contributed by atoms with van der Waals surface area (Å²) in [6, 6.07) is 1.79. The number of rotatable bonds is 6. The van der Waals surface area contributed by atoms with Crippen LogP contribution in [0.25, 0.3) is 0 Å². The molecule has 0 aliphatic rings. The van der Waals surface area contributed by atoms with Crippen LogP contribution in [0, 0.1) is 10.5 Å². The first-order valence-electron chi connectivity index (χ1n) is 6.69. The van der Waals surface area contributed by atoms with E-state index in [-0.39, 0.29) is 23.1 Å². The molecule has 1 atom stereocenters. The average molecular weight is 376 g/mol. The summed E-state index contributed by atoms with van der Waals surface area (Å²) in [4.78, 5) is 26.6. The summed E-state index contributed by atoms with van der Waals surface area (Å²) in [5, 5.41) is 2.94. The molecule has 19 heavy (non-hydrogen) atoms. The Hall–Kier alpha value is -0.850. The molecule has 1 aromatic rings. The molecule has 0 radical (unpaired) electrons. The number of carbonyl (C=O) groups is 1. The number of aromatic nitrogens is 1. The Bertz CT molecular complexity index is 497. The van der Waals surface area contributed by atoms with Crippen molar-refractivity contribution in [3.05, 3.63) is 31.2 Å². The minimum absolute atomic E-state index is 0.144. The highest BCUT2D eigenvalue weighted by Gasteiger charge is 2.16. The molecule has 1 aromatic heterocycles. The zero-order valence-corrected chi connectivity index (χ0v) is 13.8. The van der Waals surface area contributed by atoms with E-state index in [0.717, 1.165) is 34.9 Å². The van der Waals surface area contributed by atoms with E-state index in [2.05, 4.69) is 39.8 Å². The summed E-state index contributed by atoms with van der Waals surface area (Å²) in [5.74, 6) is -0.276. The second-order valence-electron chi connectivity index (χ2n) is 4.71. The smallest absolute Gasteiger partial charge is 0.261 e. The van der Waals surface area contributed by atoms with Gasteiger partial charge in [-0.15, -0.1) is 0 Å². The van der Waals surface area contributed by atoms with Crippen molar-refractivity contribution in [2.45, 2.75) is 52.5 Å². The van der Waals surface area contributed by atoms with E-state index < -0.39 is 0 Å². The van der Waals surface area contributed by atoms with Gasteiger partial charge >= 0.3 is 0 Å². The van der Waals surface area contributed by atoms with Gasteiger partial charge in [0.15, 0.2) is 0 Å². The first-order chi connectivity index (χ1) is 8.99. The molecule has 1 heterocycles. The molecule has 0 spiro atoms. The third-order valence-electron chi connectivity index (χ3n) is 3.15. The molecule has 5 heteroatoms. The number of aryl methyl sites for hydroxylation is 1. The molecule has 1 rings (SSSR count). The molecule has 106 valence electrons. The van der Waals surface area contributed by atoms with Crippen molar-refractivity contribution in [2.24, 2.45) is 0 Å². The average Bonchev–Trinajstić information content (AvgIpc) is 2.38. The number of pyridine rings is 1. The highest BCUT2D eigenvalue weighted by Crippen LogP contribution is 2.09. The molecule has 0 fully saturated rings. The lowest BCUT2D eigenvalue weighted by Crippen LogP contribution is -2.37. The Morgan fingerprint density at radius 3 is 2.74 bits per heavy atom. The van der Waals surface area contributed by atoms with Crippen LogP contribution >= 0.6 is 22.6 Å². The molecule has 2 N–H and O–H groups in total. The van der Waals surface area contributed by atoms with Crippen LogP contribution in [-0.4, -0.2) is 16.9 Å². The van der Waals surface area contributed by atoms with Gasteiger partial charge in [0.2, 0.25) is 0 Å². The summed E-state index contributed by atoms with van der Waals surface area (Å²) >= 11 is 2.12. The predicted octanol–water partition coefficient (Wildman–Crippen LogP) is 2.99. The molecule has 0 saturated heterocycles. The Balaban J connectivity index is 2.83. The van der Waals surface area contributed by atoms with E-state index in [1.54, 1.807) is 6.07 Å². The van der Waals surface area contributed by atoms with Gasteiger partial charge in [-0.2, -0.15) is 0 Å². The number of H-pyrrole nitrogens is 1. The number of carbonyl (C=O) groups excluding carboxylic acids is 1. The van der Waals surface area contributed by atoms with Crippen LogP contribution < -0.4 is 10.9 Å². The van der Waals surface area contributed by atoms with Gasteiger partial charge in [-0.25, -0.2) is 0 Å². The number of aromatic amines is 1. The van der Waals surface area contributed by atoms with Gasteiger partial charge in [-0.3, -0.25) is 9.59 Å². The van der Waals surface area contributed by atoms with Crippen LogP contribution in [-0.2, 0) is 0 Å². The SMILES string of the molecule is CCCC[C@@H](CC)NC(=O)c1cc(I)c(C)[nH]c1=O. The van der Waals surface area contributed by atoms with Gasteiger partial charge in [-0.1, -0.05) is 26.7 Å². The lowest BCUT2D eigenvalue weighted by Gasteiger charge is -2.16. The van der Waals surface area contributed by atoms with Crippen LogP contribution in [0.1, 0.15) is 55.6 Å². The van der Waals surface area contributed by atoms with Crippen LogP contribution in [0.3, 0.4) is 0 Å². The number of halogens is 1. The monoisotopic (exact) mass is 376 g/mol. The molecule has 0 aliphatic heterocycles. The molecule has 0 saturated carbocycles. The zero-order valence-electron chi connectivity index (χ0n) is 11.7. The molecule has 0 aromatic carbocycles. The van der Waals surface area contributed by atoms with Gasteiger partial charge in [0.25, 0.3) is 11.5 Å².